The van der Waals surface area contributed by atoms with Crippen LogP contribution in [0.2, 0.25) is 5.02 Å². The Kier molecular flexibility index (Phi) is 5.28. The van der Waals surface area contributed by atoms with Crippen LogP contribution < -0.4 is 4.90 Å². The smallest absolute Gasteiger partial charge is 0.247 e. The molecule has 0 bridgehead atoms. The molecule has 3 aromatic carbocycles. The number of hydrogen-bond donors (Lipinski definition) is 0. The lowest BCUT2D eigenvalue weighted by Crippen LogP contribution is -2.32. The average molecular weight is 393 g/mol. The van der Waals surface area contributed by atoms with Crippen molar-refractivity contribution in [2.24, 2.45) is 4.99 Å². The van der Waals surface area contributed by atoms with E-state index in [1.54, 1.807) is 4.90 Å². The van der Waals surface area contributed by atoms with Crippen molar-refractivity contribution in [1.82, 2.24) is 0 Å². The summed E-state index contributed by atoms with van der Waals surface area (Å²) in [5, 5.41) is 1.19. The summed E-state index contributed by atoms with van der Waals surface area (Å²) < 4.78 is 0. The number of thioether (sulfide) groups is 1. The van der Waals surface area contributed by atoms with Gasteiger partial charge in [-0.05, 0) is 48.4 Å². The minimum Gasteiger partial charge on any atom is -0.273 e. The van der Waals surface area contributed by atoms with Gasteiger partial charge >= 0.3 is 0 Å². The lowest BCUT2D eigenvalue weighted by atomic mass is 10.1. The lowest BCUT2D eigenvalue weighted by Gasteiger charge is -2.16. The summed E-state index contributed by atoms with van der Waals surface area (Å²) in [6.07, 6.45) is 0.637. The number of nitrogens with zero attached hydrogens (tertiary/aromatic N) is 2. The van der Waals surface area contributed by atoms with Crippen LogP contribution in [0.15, 0.2) is 89.9 Å². The van der Waals surface area contributed by atoms with Crippen molar-refractivity contribution >= 4 is 45.8 Å². The summed E-state index contributed by atoms with van der Waals surface area (Å²) in [5.41, 5.74) is 2.75. The summed E-state index contributed by atoms with van der Waals surface area (Å²) in [7, 11) is 0. The van der Waals surface area contributed by atoms with E-state index in [-0.39, 0.29) is 11.2 Å². The summed E-state index contributed by atoms with van der Waals surface area (Å²) >= 11 is 7.48. The number of amides is 1. The van der Waals surface area contributed by atoms with Crippen molar-refractivity contribution in [3.63, 3.8) is 0 Å². The van der Waals surface area contributed by atoms with Gasteiger partial charge in [-0.2, -0.15) is 0 Å². The van der Waals surface area contributed by atoms with E-state index in [0.29, 0.717) is 16.6 Å². The molecule has 0 aliphatic carbocycles. The van der Waals surface area contributed by atoms with Gasteiger partial charge < -0.3 is 0 Å². The Balaban J connectivity index is 1.67. The maximum absolute atomic E-state index is 13.2. The first-order valence-electron chi connectivity index (χ1n) is 8.64. The molecule has 4 rings (SSSR count). The highest BCUT2D eigenvalue weighted by Gasteiger charge is 2.38. The molecule has 5 heteroatoms. The third-order valence-corrected chi connectivity index (χ3v) is 5.65. The number of rotatable bonds is 4. The van der Waals surface area contributed by atoms with Crippen molar-refractivity contribution in [3.05, 3.63) is 95.5 Å². The molecular formula is C22H17ClN2OS. The first-order valence-corrected chi connectivity index (χ1v) is 9.90. The zero-order valence-electron chi connectivity index (χ0n) is 14.5. The van der Waals surface area contributed by atoms with Crippen LogP contribution in [-0.2, 0) is 11.2 Å². The van der Waals surface area contributed by atoms with E-state index in [9.17, 15) is 4.79 Å². The number of halogens is 1. The second-order valence-electron chi connectivity index (χ2n) is 6.18. The van der Waals surface area contributed by atoms with Gasteiger partial charge in [0.15, 0.2) is 5.17 Å². The van der Waals surface area contributed by atoms with E-state index in [1.807, 2.05) is 84.9 Å². The Morgan fingerprint density at radius 1 is 0.889 bits per heavy atom. The molecule has 0 spiro atoms. The predicted molar refractivity (Wildman–Crippen MR) is 114 cm³/mol. The van der Waals surface area contributed by atoms with Crippen LogP contribution in [0.25, 0.3) is 0 Å². The zero-order valence-corrected chi connectivity index (χ0v) is 16.0. The highest BCUT2D eigenvalue weighted by atomic mass is 35.5. The van der Waals surface area contributed by atoms with Crippen LogP contribution in [0.1, 0.15) is 5.56 Å². The maximum atomic E-state index is 13.2. The minimum atomic E-state index is -0.214. The summed E-state index contributed by atoms with van der Waals surface area (Å²) in [5.74, 6) is 0.0517. The molecule has 0 N–H and O–H groups in total. The normalized spacial score (nSPS) is 18.3. The largest absolute Gasteiger partial charge is 0.273 e. The molecule has 1 saturated heterocycles. The second-order valence-corrected chi connectivity index (χ2v) is 7.78. The highest BCUT2D eigenvalue weighted by Crippen LogP contribution is 2.35. The Morgan fingerprint density at radius 2 is 1.52 bits per heavy atom. The van der Waals surface area contributed by atoms with Crippen molar-refractivity contribution in [2.75, 3.05) is 4.90 Å². The van der Waals surface area contributed by atoms with Gasteiger partial charge in [0.2, 0.25) is 5.91 Å². The Hall–Kier alpha value is -2.56. The van der Waals surface area contributed by atoms with Gasteiger partial charge in [0.05, 0.1) is 16.6 Å². The van der Waals surface area contributed by atoms with Gasteiger partial charge in [-0.3, -0.25) is 9.69 Å². The molecule has 1 amide bonds. The molecule has 0 aromatic heterocycles. The molecule has 3 aromatic rings. The van der Waals surface area contributed by atoms with Crippen LogP contribution in [0.5, 0.6) is 0 Å². The molecule has 1 aliphatic heterocycles. The Morgan fingerprint density at radius 3 is 2.19 bits per heavy atom. The number of benzene rings is 3. The first-order chi connectivity index (χ1) is 13.2. The van der Waals surface area contributed by atoms with Gasteiger partial charge in [-0.25, -0.2) is 4.99 Å². The summed E-state index contributed by atoms with van der Waals surface area (Å²) in [6.45, 7) is 0. The van der Waals surface area contributed by atoms with E-state index in [1.165, 1.54) is 11.8 Å². The third kappa shape index (κ3) is 4.07. The molecule has 3 nitrogen and oxygen atoms in total. The van der Waals surface area contributed by atoms with Crippen LogP contribution in [-0.4, -0.2) is 16.3 Å². The van der Waals surface area contributed by atoms with E-state index in [0.717, 1.165) is 16.9 Å². The van der Waals surface area contributed by atoms with Crippen molar-refractivity contribution in [2.45, 2.75) is 11.7 Å². The highest BCUT2D eigenvalue weighted by molar-refractivity contribution is 8.16. The first kappa shape index (κ1) is 17.8. The minimum absolute atomic E-state index is 0.0517. The predicted octanol–water partition coefficient (Wildman–Crippen LogP) is 5.72. The third-order valence-electron chi connectivity index (χ3n) is 4.26. The van der Waals surface area contributed by atoms with Gasteiger partial charge in [-0.15, -0.1) is 0 Å². The molecular weight excluding hydrogens is 376 g/mol. The van der Waals surface area contributed by atoms with Gasteiger partial charge in [0.25, 0.3) is 0 Å². The average Bonchev–Trinajstić information content (AvgIpc) is 3.00. The van der Waals surface area contributed by atoms with E-state index in [4.69, 9.17) is 16.6 Å². The fourth-order valence-electron chi connectivity index (χ4n) is 2.94. The van der Waals surface area contributed by atoms with Gasteiger partial charge in [0.1, 0.15) is 0 Å². The fraction of sp³-hybridized carbons (Fsp3) is 0.0909. The summed E-state index contributed by atoms with van der Waals surface area (Å²) in [4.78, 5) is 19.6. The van der Waals surface area contributed by atoms with Crippen molar-refractivity contribution in [3.8, 4) is 0 Å². The molecule has 0 saturated carbocycles. The van der Waals surface area contributed by atoms with Crippen LogP contribution in [0, 0.1) is 0 Å². The maximum Gasteiger partial charge on any atom is 0.247 e. The van der Waals surface area contributed by atoms with Crippen LogP contribution in [0.3, 0.4) is 0 Å². The van der Waals surface area contributed by atoms with Crippen LogP contribution in [0.4, 0.5) is 11.4 Å². The molecule has 134 valence electrons. The number of carbonyl (C=O) groups is 1. The lowest BCUT2D eigenvalue weighted by molar-refractivity contribution is -0.116. The Labute approximate surface area is 167 Å². The molecule has 0 unspecified atom stereocenters. The fourth-order valence-corrected chi connectivity index (χ4v) is 4.26. The summed E-state index contributed by atoms with van der Waals surface area (Å²) in [6, 6.07) is 27.0. The quantitative estimate of drug-likeness (QED) is 0.568. The molecule has 27 heavy (non-hydrogen) atoms. The number of para-hydroxylation sites is 2. The second kappa shape index (κ2) is 7.99. The SMILES string of the molecule is O=C1[C@H](Cc2ccc(Cl)cc2)SC(=Nc2ccccc2)N1c1ccccc1. The molecule has 1 heterocycles. The van der Waals surface area contributed by atoms with Crippen molar-refractivity contribution in [1.29, 1.82) is 0 Å². The number of aliphatic imine (C=N–C) groups is 1. The van der Waals surface area contributed by atoms with Crippen LogP contribution >= 0.6 is 23.4 Å². The number of hydrogen-bond acceptors (Lipinski definition) is 3. The molecule has 1 aliphatic rings. The molecule has 1 atom stereocenters. The van der Waals surface area contributed by atoms with Gasteiger partial charge in [-0.1, -0.05) is 71.9 Å². The van der Waals surface area contributed by atoms with E-state index in [2.05, 4.69) is 0 Å². The molecule has 0 radical (unpaired) electrons. The zero-order chi connectivity index (χ0) is 18.6. The van der Waals surface area contributed by atoms with E-state index >= 15 is 0 Å². The number of carbonyl (C=O) groups excluding carboxylic acids is 1. The van der Waals surface area contributed by atoms with E-state index < -0.39 is 0 Å². The number of amidine groups is 1. The van der Waals surface area contributed by atoms with Crippen molar-refractivity contribution < 1.29 is 4.79 Å². The molecule has 1 fully saturated rings. The topological polar surface area (TPSA) is 32.7 Å². The van der Waals surface area contributed by atoms with Gasteiger partial charge in [0, 0.05) is 5.02 Å². The number of anilines is 1. The Bertz CT molecular complexity index is 959. The monoisotopic (exact) mass is 392 g/mol. The standard InChI is InChI=1S/C22H17ClN2OS/c23-17-13-11-16(12-14-17)15-20-21(26)25(19-9-5-2-6-10-19)22(27-20)24-18-7-3-1-4-8-18/h1-14,20H,15H2/t20-/m0/s1.